The fourth-order valence-corrected chi connectivity index (χ4v) is 3.43. The largest absolute Gasteiger partial charge is 0.503 e. The molecule has 0 saturated heterocycles. The molecule has 0 spiro atoms. The number of hydrogen-bond acceptors (Lipinski definition) is 6. The van der Waals surface area contributed by atoms with Crippen LogP contribution in [0.1, 0.15) is 56.6 Å². The summed E-state index contributed by atoms with van der Waals surface area (Å²) in [7, 11) is 0. The maximum absolute atomic E-state index is 13.2. The molecule has 1 aliphatic heterocycles. The van der Waals surface area contributed by atoms with E-state index in [4.69, 9.17) is 4.74 Å². The number of aliphatic hydroxyl groups is 1. The molecular weight excluding hydrogens is 396 g/mol. The first kappa shape index (κ1) is 22.2. The number of ether oxygens (including phenoxy) is 1. The summed E-state index contributed by atoms with van der Waals surface area (Å²) in [4.78, 5) is 44.1. The molecule has 0 saturated carbocycles. The highest BCUT2D eigenvalue weighted by molar-refractivity contribution is 6.17. The smallest absolute Gasteiger partial charge is 0.338 e. The van der Waals surface area contributed by atoms with Crippen molar-refractivity contribution >= 4 is 23.3 Å². The number of nitrogens with zero attached hydrogens (tertiary/aromatic N) is 2. The van der Waals surface area contributed by atoms with Crippen LogP contribution in [0.2, 0.25) is 0 Å². The van der Waals surface area contributed by atoms with Gasteiger partial charge in [0.05, 0.1) is 23.3 Å². The van der Waals surface area contributed by atoms with Gasteiger partial charge < -0.3 is 9.84 Å². The zero-order valence-electron chi connectivity index (χ0n) is 18.2. The van der Waals surface area contributed by atoms with E-state index in [2.05, 4.69) is 4.98 Å². The van der Waals surface area contributed by atoms with Crippen LogP contribution in [0.5, 0.6) is 0 Å². The minimum absolute atomic E-state index is 0.0145. The lowest BCUT2D eigenvalue weighted by Crippen LogP contribution is -2.33. The number of ketones is 1. The summed E-state index contributed by atoms with van der Waals surface area (Å²) in [5, 5.41) is 10.7. The van der Waals surface area contributed by atoms with Crippen LogP contribution in [0.3, 0.4) is 0 Å². The van der Waals surface area contributed by atoms with Crippen LogP contribution < -0.4 is 4.90 Å². The maximum atomic E-state index is 13.2. The lowest BCUT2D eigenvalue weighted by atomic mass is 9.82. The molecule has 3 rings (SSSR count). The standard InChI is InChI=1S/C24H26N2O5/c1-14(2)31-23(30)15-8-6-10-17(12-15)26-19(16-9-7-11-25-13-16)18(20(27)22(26)29)21(28)24(3,4)5/h6-14,19,27H,1-5H3. The highest BCUT2D eigenvalue weighted by Crippen LogP contribution is 2.43. The van der Waals surface area contributed by atoms with Crippen molar-refractivity contribution in [3.63, 3.8) is 0 Å². The molecular formula is C24H26N2O5. The second-order valence-corrected chi connectivity index (χ2v) is 8.71. The number of hydrogen-bond donors (Lipinski definition) is 1. The van der Waals surface area contributed by atoms with Gasteiger partial charge in [-0.15, -0.1) is 0 Å². The molecule has 0 aliphatic carbocycles. The third-order valence-electron chi connectivity index (χ3n) is 4.84. The van der Waals surface area contributed by atoms with E-state index in [0.29, 0.717) is 11.3 Å². The fourth-order valence-electron chi connectivity index (χ4n) is 3.43. The van der Waals surface area contributed by atoms with Crippen molar-refractivity contribution in [1.82, 2.24) is 4.98 Å². The van der Waals surface area contributed by atoms with Gasteiger partial charge >= 0.3 is 5.97 Å². The molecule has 2 aromatic rings. The Kier molecular flexibility index (Phi) is 5.97. The molecule has 0 fully saturated rings. The lowest BCUT2D eigenvalue weighted by Gasteiger charge is -2.29. The number of anilines is 1. The molecule has 2 heterocycles. The molecule has 1 N–H and O–H groups in total. The van der Waals surface area contributed by atoms with Crippen LogP contribution in [0.15, 0.2) is 60.1 Å². The summed E-state index contributed by atoms with van der Waals surface area (Å²) in [5.41, 5.74) is 0.394. The number of carbonyl (C=O) groups is 3. The van der Waals surface area contributed by atoms with Gasteiger partial charge in [0.25, 0.3) is 5.91 Å². The normalized spacial score (nSPS) is 16.8. The van der Waals surface area contributed by atoms with Crippen molar-refractivity contribution in [2.45, 2.75) is 46.8 Å². The third-order valence-corrected chi connectivity index (χ3v) is 4.84. The van der Waals surface area contributed by atoms with E-state index in [-0.39, 0.29) is 23.0 Å². The minimum atomic E-state index is -0.871. The van der Waals surface area contributed by atoms with Crippen molar-refractivity contribution in [1.29, 1.82) is 0 Å². The first-order chi connectivity index (χ1) is 14.5. The van der Waals surface area contributed by atoms with Gasteiger partial charge in [0.1, 0.15) is 0 Å². The van der Waals surface area contributed by atoms with E-state index in [0.717, 1.165) is 0 Å². The Morgan fingerprint density at radius 3 is 2.45 bits per heavy atom. The zero-order valence-corrected chi connectivity index (χ0v) is 18.2. The third kappa shape index (κ3) is 4.35. The van der Waals surface area contributed by atoms with Crippen molar-refractivity contribution in [2.24, 2.45) is 5.41 Å². The van der Waals surface area contributed by atoms with Crippen LogP contribution in [0, 0.1) is 5.41 Å². The summed E-state index contributed by atoms with van der Waals surface area (Å²) >= 11 is 0. The Bertz CT molecular complexity index is 1050. The number of benzene rings is 1. The van der Waals surface area contributed by atoms with Crippen LogP contribution in [-0.4, -0.2) is 33.9 Å². The number of rotatable bonds is 5. The van der Waals surface area contributed by atoms with Crippen LogP contribution in [0.4, 0.5) is 5.69 Å². The average Bonchev–Trinajstić information content (AvgIpc) is 2.98. The molecule has 7 heteroatoms. The lowest BCUT2D eigenvalue weighted by molar-refractivity contribution is -0.123. The van der Waals surface area contributed by atoms with Gasteiger partial charge in [0.15, 0.2) is 11.5 Å². The summed E-state index contributed by atoms with van der Waals surface area (Å²) in [6, 6.07) is 8.94. The predicted octanol–water partition coefficient (Wildman–Crippen LogP) is 4.16. The quantitative estimate of drug-likeness (QED) is 0.727. The van der Waals surface area contributed by atoms with Crippen molar-refractivity contribution in [3.05, 3.63) is 71.3 Å². The van der Waals surface area contributed by atoms with Crippen LogP contribution in [0.25, 0.3) is 0 Å². The number of esters is 1. The molecule has 1 aromatic carbocycles. The van der Waals surface area contributed by atoms with Crippen molar-refractivity contribution in [3.8, 4) is 0 Å². The van der Waals surface area contributed by atoms with E-state index >= 15 is 0 Å². The highest BCUT2D eigenvalue weighted by atomic mass is 16.5. The first-order valence-electron chi connectivity index (χ1n) is 10.0. The Labute approximate surface area is 181 Å². The van der Waals surface area contributed by atoms with E-state index in [9.17, 15) is 19.5 Å². The SMILES string of the molecule is CC(C)OC(=O)c1cccc(N2C(=O)C(O)=C(C(=O)C(C)(C)C)C2c2cccnc2)c1. The molecule has 162 valence electrons. The molecule has 1 atom stereocenters. The monoisotopic (exact) mass is 422 g/mol. The summed E-state index contributed by atoms with van der Waals surface area (Å²) in [6.07, 6.45) is 2.84. The maximum Gasteiger partial charge on any atom is 0.338 e. The fraction of sp³-hybridized carbons (Fsp3) is 0.333. The van der Waals surface area contributed by atoms with E-state index in [1.165, 1.54) is 11.0 Å². The van der Waals surface area contributed by atoms with Gasteiger partial charge in [0.2, 0.25) is 0 Å². The minimum Gasteiger partial charge on any atom is -0.503 e. The molecule has 0 radical (unpaired) electrons. The Hall–Kier alpha value is -3.48. The van der Waals surface area contributed by atoms with Gasteiger partial charge in [-0.3, -0.25) is 19.5 Å². The number of carbonyl (C=O) groups excluding carboxylic acids is 3. The molecule has 7 nitrogen and oxygen atoms in total. The number of aliphatic hydroxyl groups excluding tert-OH is 1. The molecule has 1 unspecified atom stereocenters. The van der Waals surface area contributed by atoms with Gasteiger partial charge in [-0.25, -0.2) is 4.79 Å². The second kappa shape index (κ2) is 8.34. The zero-order chi connectivity index (χ0) is 22.9. The number of Topliss-reactive ketones (excluding diaryl/α,β-unsaturated/α-hetero) is 1. The van der Waals surface area contributed by atoms with Crippen LogP contribution >= 0.6 is 0 Å². The molecule has 1 aliphatic rings. The van der Waals surface area contributed by atoms with Gasteiger partial charge in [0, 0.05) is 23.5 Å². The van der Waals surface area contributed by atoms with Gasteiger partial charge in [-0.05, 0) is 43.7 Å². The van der Waals surface area contributed by atoms with Gasteiger partial charge in [-0.2, -0.15) is 0 Å². The average molecular weight is 422 g/mol. The Balaban J connectivity index is 2.13. The second-order valence-electron chi connectivity index (χ2n) is 8.71. The first-order valence-corrected chi connectivity index (χ1v) is 10.0. The topological polar surface area (TPSA) is 96.8 Å². The molecule has 1 amide bonds. The molecule has 0 bridgehead atoms. The van der Waals surface area contributed by atoms with Crippen LogP contribution in [-0.2, 0) is 14.3 Å². The molecule has 31 heavy (non-hydrogen) atoms. The van der Waals surface area contributed by atoms with E-state index < -0.39 is 29.1 Å². The van der Waals surface area contributed by atoms with E-state index in [1.54, 1.807) is 77.3 Å². The van der Waals surface area contributed by atoms with E-state index in [1.807, 2.05) is 0 Å². The summed E-state index contributed by atoms with van der Waals surface area (Å²) in [5.74, 6) is -2.17. The van der Waals surface area contributed by atoms with Crippen molar-refractivity contribution in [2.75, 3.05) is 4.90 Å². The van der Waals surface area contributed by atoms with Crippen molar-refractivity contribution < 1.29 is 24.2 Å². The molecule has 1 aromatic heterocycles. The number of amides is 1. The van der Waals surface area contributed by atoms with Gasteiger partial charge in [-0.1, -0.05) is 32.9 Å². The number of pyridine rings is 1. The predicted molar refractivity (Wildman–Crippen MR) is 116 cm³/mol. The number of aromatic nitrogens is 1. The summed E-state index contributed by atoms with van der Waals surface area (Å²) in [6.45, 7) is 8.68. The summed E-state index contributed by atoms with van der Waals surface area (Å²) < 4.78 is 5.25. The Morgan fingerprint density at radius 2 is 1.87 bits per heavy atom. The highest BCUT2D eigenvalue weighted by Gasteiger charge is 2.46. The Morgan fingerprint density at radius 1 is 1.16 bits per heavy atom.